The molecule has 31 heavy (non-hydrogen) atoms. The number of aryl methyl sites for hydroxylation is 1. The minimum absolute atomic E-state index is 0.0547. The van der Waals surface area contributed by atoms with Crippen LogP contribution in [0.2, 0.25) is 0 Å². The number of Topliss-reactive ketones (excluding diaryl/α,β-unsaturated/α-hetero) is 1. The van der Waals surface area contributed by atoms with Crippen molar-refractivity contribution in [1.82, 2.24) is 15.1 Å². The molecule has 0 spiro atoms. The summed E-state index contributed by atoms with van der Waals surface area (Å²) in [6.07, 6.45) is 0.712. The Bertz CT molecular complexity index is 1030. The molecule has 3 aromatic rings. The monoisotopic (exact) mass is 461 g/mol. The Labute approximate surface area is 187 Å². The fourth-order valence-electron chi connectivity index (χ4n) is 2.77. The van der Waals surface area contributed by atoms with Gasteiger partial charge in [0, 0.05) is 17.8 Å². The van der Waals surface area contributed by atoms with Crippen molar-refractivity contribution < 1.29 is 23.5 Å². The van der Waals surface area contributed by atoms with E-state index in [1.165, 1.54) is 27.6 Å². The van der Waals surface area contributed by atoms with E-state index < -0.39 is 12.6 Å². The molecular weight excluding hydrogens is 438 g/mol. The first-order valence-electron chi connectivity index (χ1n) is 9.85. The van der Waals surface area contributed by atoms with Gasteiger partial charge in [-0.2, -0.15) is 0 Å². The van der Waals surface area contributed by atoms with Crippen molar-refractivity contribution in [1.29, 1.82) is 0 Å². The number of carbonyl (C=O) groups is 3. The zero-order chi connectivity index (χ0) is 22.2. The Hall–Kier alpha value is -2.85. The summed E-state index contributed by atoms with van der Waals surface area (Å²) >= 11 is 2.88. The van der Waals surface area contributed by atoms with Crippen molar-refractivity contribution in [3.8, 4) is 10.8 Å². The van der Waals surface area contributed by atoms with Crippen LogP contribution in [0.1, 0.15) is 46.6 Å². The smallest absolute Gasteiger partial charge is 0.306 e. The lowest BCUT2D eigenvalue weighted by Gasteiger charge is -2.20. The molecule has 0 atom stereocenters. The number of aromatic nitrogens is 2. The number of thiophene rings is 2. The minimum Gasteiger partial charge on any atom is -0.456 e. The molecule has 1 amide bonds. The Kier molecular flexibility index (Phi) is 8.07. The van der Waals surface area contributed by atoms with Gasteiger partial charge in [-0.1, -0.05) is 13.0 Å². The van der Waals surface area contributed by atoms with Gasteiger partial charge in [-0.05, 0) is 36.9 Å². The van der Waals surface area contributed by atoms with Crippen LogP contribution >= 0.6 is 22.7 Å². The molecule has 0 aliphatic carbocycles. The zero-order valence-electron chi connectivity index (χ0n) is 17.3. The normalized spacial score (nSPS) is 10.8. The molecule has 8 nitrogen and oxygen atoms in total. The molecule has 0 radical (unpaired) electrons. The van der Waals surface area contributed by atoms with Crippen molar-refractivity contribution in [3.05, 3.63) is 45.3 Å². The lowest BCUT2D eigenvalue weighted by atomic mass is 10.2. The van der Waals surface area contributed by atoms with Crippen LogP contribution in [0.5, 0.6) is 0 Å². The van der Waals surface area contributed by atoms with Gasteiger partial charge in [-0.15, -0.1) is 32.9 Å². The van der Waals surface area contributed by atoms with Crippen LogP contribution in [-0.2, 0) is 20.9 Å². The summed E-state index contributed by atoms with van der Waals surface area (Å²) in [6.45, 7) is 4.06. The Morgan fingerprint density at radius 3 is 2.68 bits per heavy atom. The number of carbonyl (C=O) groups excluding carboxylic acids is 3. The molecule has 0 unspecified atom stereocenters. The van der Waals surface area contributed by atoms with Gasteiger partial charge in [-0.3, -0.25) is 14.4 Å². The zero-order valence-corrected chi connectivity index (χ0v) is 19.0. The van der Waals surface area contributed by atoms with Gasteiger partial charge in [-0.25, -0.2) is 0 Å². The molecule has 0 saturated carbocycles. The standard InChI is InChI=1S/C21H23N3O5S2/c1-3-10-24(12-18-22-23-21(29-18)17-5-4-11-30-17)19(26)13-28-20(27)9-7-15(25)16-8-6-14(2)31-16/h4-6,8,11H,3,7,9-10,12-13H2,1-2H3. The summed E-state index contributed by atoms with van der Waals surface area (Å²) in [5.74, 6) is -0.318. The summed E-state index contributed by atoms with van der Waals surface area (Å²) in [5, 5.41) is 9.93. The highest BCUT2D eigenvalue weighted by Gasteiger charge is 2.20. The Morgan fingerprint density at radius 1 is 1.16 bits per heavy atom. The summed E-state index contributed by atoms with van der Waals surface area (Å²) in [7, 11) is 0. The van der Waals surface area contributed by atoms with Gasteiger partial charge in [0.1, 0.15) is 0 Å². The third-order valence-electron chi connectivity index (χ3n) is 4.30. The molecule has 3 aromatic heterocycles. The second kappa shape index (κ2) is 11.0. The van der Waals surface area contributed by atoms with E-state index in [4.69, 9.17) is 9.15 Å². The maximum atomic E-state index is 12.5. The summed E-state index contributed by atoms with van der Waals surface area (Å²) in [5.41, 5.74) is 0. The molecule has 0 aliphatic rings. The van der Waals surface area contributed by atoms with Gasteiger partial charge >= 0.3 is 5.97 Å². The predicted molar refractivity (Wildman–Crippen MR) is 117 cm³/mol. The highest BCUT2D eigenvalue weighted by Crippen LogP contribution is 2.23. The van der Waals surface area contributed by atoms with Crippen LogP contribution in [0, 0.1) is 6.92 Å². The lowest BCUT2D eigenvalue weighted by Crippen LogP contribution is -2.35. The topological polar surface area (TPSA) is 103 Å². The van der Waals surface area contributed by atoms with Crippen molar-refractivity contribution >= 4 is 40.3 Å². The van der Waals surface area contributed by atoms with Gasteiger partial charge in [0.05, 0.1) is 22.7 Å². The van der Waals surface area contributed by atoms with Crippen LogP contribution in [0.4, 0.5) is 0 Å². The number of hydrogen-bond donors (Lipinski definition) is 0. The van der Waals surface area contributed by atoms with E-state index in [9.17, 15) is 14.4 Å². The van der Waals surface area contributed by atoms with Crippen molar-refractivity contribution in [3.63, 3.8) is 0 Å². The molecule has 0 aromatic carbocycles. The van der Waals surface area contributed by atoms with Crippen LogP contribution in [0.3, 0.4) is 0 Å². The van der Waals surface area contributed by atoms with Crippen molar-refractivity contribution in [2.45, 2.75) is 39.7 Å². The van der Waals surface area contributed by atoms with Gasteiger partial charge in [0.15, 0.2) is 12.4 Å². The average molecular weight is 462 g/mol. The van der Waals surface area contributed by atoms with Gasteiger partial charge in [0.2, 0.25) is 5.89 Å². The van der Waals surface area contributed by atoms with E-state index in [0.717, 1.165) is 16.2 Å². The molecule has 0 bridgehead atoms. The van der Waals surface area contributed by atoms with E-state index >= 15 is 0 Å². The highest BCUT2D eigenvalue weighted by atomic mass is 32.1. The quantitative estimate of drug-likeness (QED) is 0.313. The van der Waals surface area contributed by atoms with E-state index in [0.29, 0.717) is 23.2 Å². The first kappa shape index (κ1) is 22.8. The van der Waals surface area contributed by atoms with Crippen LogP contribution in [-0.4, -0.2) is 45.9 Å². The van der Waals surface area contributed by atoms with Gasteiger partial charge < -0.3 is 14.1 Å². The number of ether oxygens (including phenoxy) is 1. The lowest BCUT2D eigenvalue weighted by molar-refractivity contribution is -0.152. The minimum atomic E-state index is -0.579. The van der Waals surface area contributed by atoms with Crippen molar-refractivity contribution in [2.75, 3.05) is 13.2 Å². The second-order valence-electron chi connectivity index (χ2n) is 6.79. The largest absolute Gasteiger partial charge is 0.456 e. The summed E-state index contributed by atoms with van der Waals surface area (Å²) < 4.78 is 10.7. The predicted octanol–water partition coefficient (Wildman–Crippen LogP) is 4.11. The number of esters is 1. The van der Waals surface area contributed by atoms with E-state index in [1.54, 1.807) is 6.07 Å². The van der Waals surface area contributed by atoms with E-state index in [-0.39, 0.29) is 31.1 Å². The molecular formula is C21H23N3O5S2. The number of hydrogen-bond acceptors (Lipinski definition) is 9. The fraction of sp³-hybridized carbons (Fsp3) is 0.381. The SMILES string of the molecule is CCCN(Cc1nnc(-c2cccs2)o1)C(=O)COC(=O)CCC(=O)c1ccc(C)s1. The maximum absolute atomic E-state index is 12.5. The first-order valence-corrected chi connectivity index (χ1v) is 11.5. The molecule has 0 N–H and O–H groups in total. The summed E-state index contributed by atoms with van der Waals surface area (Å²) in [6, 6.07) is 7.38. The average Bonchev–Trinajstić information content (AvgIpc) is 3.51. The third kappa shape index (κ3) is 6.56. The van der Waals surface area contributed by atoms with Gasteiger partial charge in [0.25, 0.3) is 11.8 Å². The van der Waals surface area contributed by atoms with E-state index in [2.05, 4.69) is 10.2 Å². The highest BCUT2D eigenvalue weighted by molar-refractivity contribution is 7.14. The molecule has 0 saturated heterocycles. The molecule has 0 aliphatic heterocycles. The number of nitrogens with zero attached hydrogens (tertiary/aromatic N) is 3. The molecule has 10 heteroatoms. The Balaban J connectivity index is 1.47. The van der Waals surface area contributed by atoms with E-state index in [1.807, 2.05) is 37.4 Å². The Morgan fingerprint density at radius 2 is 2.00 bits per heavy atom. The second-order valence-corrected chi connectivity index (χ2v) is 9.02. The van der Waals surface area contributed by atoms with Crippen LogP contribution in [0.15, 0.2) is 34.1 Å². The summed E-state index contributed by atoms with van der Waals surface area (Å²) in [4.78, 5) is 40.6. The maximum Gasteiger partial charge on any atom is 0.306 e. The number of rotatable bonds is 11. The first-order chi connectivity index (χ1) is 15.0. The van der Waals surface area contributed by atoms with Crippen molar-refractivity contribution in [2.24, 2.45) is 0 Å². The van der Waals surface area contributed by atoms with Crippen LogP contribution < -0.4 is 0 Å². The van der Waals surface area contributed by atoms with Crippen LogP contribution in [0.25, 0.3) is 10.8 Å². The fourth-order valence-corrected chi connectivity index (χ4v) is 4.25. The molecule has 0 fully saturated rings. The third-order valence-corrected chi connectivity index (χ3v) is 6.20. The molecule has 164 valence electrons. The molecule has 3 rings (SSSR count). The molecule has 3 heterocycles. The number of ketones is 1. The number of amides is 1.